The minimum absolute atomic E-state index is 0.0989. The summed E-state index contributed by atoms with van der Waals surface area (Å²) in [5.41, 5.74) is 1.03. The van der Waals surface area contributed by atoms with Crippen LogP contribution in [0.2, 0.25) is 0 Å². The number of benzene rings is 2. The first-order chi connectivity index (χ1) is 13.8. The quantitative estimate of drug-likeness (QED) is 0.574. The molecule has 0 aromatic heterocycles. The highest BCUT2D eigenvalue weighted by Gasteiger charge is 2.28. The molecule has 12 heteroatoms. The lowest BCUT2D eigenvalue weighted by molar-refractivity contribution is -0.176. The molecule has 0 radical (unpaired) electrons. The fourth-order valence-electron chi connectivity index (χ4n) is 2.18. The number of nitrogens with one attached hydrogen (secondary N) is 1. The third kappa shape index (κ3) is 8.59. The van der Waals surface area contributed by atoms with Crippen molar-refractivity contribution in [3.8, 4) is 5.75 Å². The molecular formula is C18H17F6NO4S. The Kier molecular flexibility index (Phi) is 7.72. The highest BCUT2D eigenvalue weighted by atomic mass is 32.2. The second-order valence-electron chi connectivity index (χ2n) is 6.12. The van der Waals surface area contributed by atoms with Gasteiger partial charge in [0.2, 0.25) is 10.0 Å². The molecule has 5 nitrogen and oxygen atoms in total. The van der Waals surface area contributed by atoms with Crippen LogP contribution in [0.15, 0.2) is 53.4 Å². The summed E-state index contributed by atoms with van der Waals surface area (Å²) in [7, 11) is -3.94. The highest BCUT2D eigenvalue weighted by Crippen LogP contribution is 2.20. The van der Waals surface area contributed by atoms with Gasteiger partial charge in [-0.05, 0) is 35.4 Å². The van der Waals surface area contributed by atoms with E-state index in [0.29, 0.717) is 11.1 Å². The van der Waals surface area contributed by atoms with Gasteiger partial charge in [0, 0.05) is 6.54 Å². The van der Waals surface area contributed by atoms with Gasteiger partial charge in [-0.25, -0.2) is 13.1 Å². The lowest BCUT2D eigenvalue weighted by atomic mass is 10.1. The van der Waals surface area contributed by atoms with Gasteiger partial charge in [-0.1, -0.05) is 24.3 Å². The van der Waals surface area contributed by atoms with Crippen LogP contribution >= 0.6 is 0 Å². The number of ether oxygens (including phenoxy) is 2. The Morgan fingerprint density at radius 3 is 1.83 bits per heavy atom. The first kappa shape index (κ1) is 24.0. The summed E-state index contributed by atoms with van der Waals surface area (Å²) in [6, 6.07) is 10.5. The summed E-state index contributed by atoms with van der Waals surface area (Å²) < 4.78 is 108. The molecule has 2 rings (SSSR count). The van der Waals surface area contributed by atoms with Crippen LogP contribution in [0.3, 0.4) is 0 Å². The Labute approximate surface area is 168 Å². The summed E-state index contributed by atoms with van der Waals surface area (Å²) in [6.07, 6.45) is -8.92. The lowest BCUT2D eigenvalue weighted by Gasteiger charge is -2.11. The molecule has 0 saturated heterocycles. The zero-order chi connectivity index (χ0) is 22.4. The molecule has 2 aromatic rings. The average Bonchev–Trinajstić information content (AvgIpc) is 2.65. The average molecular weight is 457 g/mol. The Morgan fingerprint density at radius 2 is 1.30 bits per heavy atom. The summed E-state index contributed by atoms with van der Waals surface area (Å²) in [6.45, 7) is -3.20. The van der Waals surface area contributed by atoms with Crippen LogP contribution < -0.4 is 9.46 Å². The Hall–Kier alpha value is -2.31. The van der Waals surface area contributed by atoms with Crippen LogP contribution in [0.5, 0.6) is 5.75 Å². The van der Waals surface area contributed by atoms with Gasteiger partial charge in [0.25, 0.3) is 0 Å². The first-order valence-corrected chi connectivity index (χ1v) is 9.84. The van der Waals surface area contributed by atoms with Gasteiger partial charge in [-0.15, -0.1) is 0 Å². The van der Waals surface area contributed by atoms with Crippen LogP contribution in [0, 0.1) is 0 Å². The molecule has 1 N–H and O–H groups in total. The maximum atomic E-state index is 12.3. The predicted octanol–water partition coefficient (Wildman–Crippen LogP) is 4.19. The van der Waals surface area contributed by atoms with Crippen molar-refractivity contribution in [1.29, 1.82) is 0 Å². The summed E-state index contributed by atoms with van der Waals surface area (Å²) in [5, 5.41) is 0. The van der Waals surface area contributed by atoms with Gasteiger partial charge >= 0.3 is 12.4 Å². The monoisotopic (exact) mass is 457 g/mol. The number of rotatable bonds is 9. The number of hydrogen-bond acceptors (Lipinski definition) is 4. The Morgan fingerprint density at radius 1 is 0.767 bits per heavy atom. The minimum atomic E-state index is -4.51. The number of alkyl halides is 6. The molecule has 0 unspecified atom stereocenters. The molecule has 2 aromatic carbocycles. The topological polar surface area (TPSA) is 64.6 Å². The van der Waals surface area contributed by atoms with E-state index >= 15 is 0 Å². The lowest BCUT2D eigenvalue weighted by Crippen LogP contribution is -2.23. The molecule has 0 atom stereocenters. The Balaban J connectivity index is 1.88. The zero-order valence-corrected chi connectivity index (χ0v) is 16.1. The number of hydrogen-bond donors (Lipinski definition) is 1. The Bertz CT molecular complexity index is 910. The molecule has 0 amide bonds. The summed E-state index contributed by atoms with van der Waals surface area (Å²) in [4.78, 5) is -0.168. The van der Waals surface area contributed by atoms with Crippen molar-refractivity contribution in [1.82, 2.24) is 4.72 Å². The molecule has 0 spiro atoms. The van der Waals surface area contributed by atoms with E-state index in [-0.39, 0.29) is 23.8 Å². The van der Waals surface area contributed by atoms with Crippen molar-refractivity contribution in [2.75, 3.05) is 13.2 Å². The predicted molar refractivity (Wildman–Crippen MR) is 94.2 cm³/mol. The molecule has 30 heavy (non-hydrogen) atoms. The second-order valence-corrected chi connectivity index (χ2v) is 7.89. The SMILES string of the molecule is O=S(=O)(NCc1ccc(COCC(F)(F)F)cc1)c1ccc(OCC(F)(F)F)cc1. The molecule has 0 bridgehead atoms. The number of sulfonamides is 1. The van der Waals surface area contributed by atoms with Gasteiger partial charge in [0.05, 0.1) is 11.5 Å². The van der Waals surface area contributed by atoms with Crippen LogP contribution in [-0.4, -0.2) is 34.0 Å². The fourth-order valence-corrected chi connectivity index (χ4v) is 3.20. The van der Waals surface area contributed by atoms with E-state index in [4.69, 9.17) is 0 Å². The fraction of sp³-hybridized carbons (Fsp3) is 0.333. The zero-order valence-electron chi connectivity index (χ0n) is 15.3. The minimum Gasteiger partial charge on any atom is -0.484 e. The molecule has 166 valence electrons. The van der Waals surface area contributed by atoms with Crippen molar-refractivity contribution in [3.63, 3.8) is 0 Å². The van der Waals surface area contributed by atoms with E-state index in [1.54, 1.807) is 0 Å². The van der Waals surface area contributed by atoms with Crippen LogP contribution in [0.4, 0.5) is 26.3 Å². The van der Waals surface area contributed by atoms with Gasteiger partial charge in [0.15, 0.2) is 6.61 Å². The molecule has 0 aliphatic rings. The van der Waals surface area contributed by atoms with Crippen molar-refractivity contribution in [2.45, 2.75) is 30.4 Å². The smallest absolute Gasteiger partial charge is 0.422 e. The number of halogens is 6. The highest BCUT2D eigenvalue weighted by molar-refractivity contribution is 7.89. The molecule has 0 fully saturated rings. The van der Waals surface area contributed by atoms with Crippen LogP contribution in [-0.2, 0) is 27.9 Å². The molecule has 0 saturated carbocycles. The van der Waals surface area contributed by atoms with Gasteiger partial charge in [-0.3, -0.25) is 0 Å². The van der Waals surface area contributed by atoms with Crippen molar-refractivity contribution in [2.24, 2.45) is 0 Å². The van der Waals surface area contributed by atoms with E-state index in [2.05, 4.69) is 14.2 Å². The maximum absolute atomic E-state index is 12.3. The molecule has 0 aliphatic heterocycles. The van der Waals surface area contributed by atoms with E-state index < -0.39 is 35.6 Å². The standard InChI is InChI=1S/C18H17F6NO4S/c19-17(20,21)11-28-10-14-3-1-13(2-4-14)9-25-30(26,27)16-7-5-15(6-8-16)29-12-18(22,23)24/h1-8,25H,9-12H2. The second kappa shape index (κ2) is 9.67. The van der Waals surface area contributed by atoms with E-state index in [1.165, 1.54) is 24.3 Å². The first-order valence-electron chi connectivity index (χ1n) is 8.36. The maximum Gasteiger partial charge on any atom is 0.422 e. The van der Waals surface area contributed by atoms with Gasteiger partial charge in [0.1, 0.15) is 12.4 Å². The normalized spacial score (nSPS) is 12.7. The van der Waals surface area contributed by atoms with Gasteiger partial charge < -0.3 is 9.47 Å². The summed E-state index contributed by atoms with van der Waals surface area (Å²) in [5.74, 6) is -0.130. The van der Waals surface area contributed by atoms with Crippen molar-refractivity contribution in [3.05, 3.63) is 59.7 Å². The van der Waals surface area contributed by atoms with E-state index in [9.17, 15) is 34.8 Å². The third-order valence-corrected chi connectivity index (χ3v) is 4.98. The molecule has 0 aliphatic carbocycles. The van der Waals surface area contributed by atoms with Crippen LogP contribution in [0.25, 0.3) is 0 Å². The van der Waals surface area contributed by atoms with E-state index in [1.807, 2.05) is 0 Å². The van der Waals surface area contributed by atoms with E-state index in [0.717, 1.165) is 24.3 Å². The molecular weight excluding hydrogens is 440 g/mol. The molecule has 0 heterocycles. The van der Waals surface area contributed by atoms with Crippen molar-refractivity contribution < 1.29 is 44.2 Å². The third-order valence-electron chi connectivity index (χ3n) is 3.56. The van der Waals surface area contributed by atoms with Crippen molar-refractivity contribution >= 4 is 10.0 Å². The largest absolute Gasteiger partial charge is 0.484 e. The van der Waals surface area contributed by atoms with Crippen LogP contribution in [0.1, 0.15) is 11.1 Å². The summed E-state index contributed by atoms with van der Waals surface area (Å²) >= 11 is 0. The van der Waals surface area contributed by atoms with Gasteiger partial charge in [-0.2, -0.15) is 26.3 Å².